The molecule has 1 aromatic carbocycles. The van der Waals surface area contributed by atoms with Crippen LogP contribution < -0.4 is 0 Å². The second-order valence-corrected chi connectivity index (χ2v) is 3.87. The first-order valence-corrected chi connectivity index (χ1v) is 5.32. The molecule has 0 aliphatic rings. The van der Waals surface area contributed by atoms with Crippen molar-refractivity contribution in [2.45, 2.75) is 6.92 Å². The molecule has 0 bridgehead atoms. The molecule has 0 saturated carbocycles. The van der Waals surface area contributed by atoms with E-state index in [9.17, 15) is 0 Å². The van der Waals surface area contributed by atoms with Crippen molar-refractivity contribution < 1.29 is 4.42 Å². The monoisotopic (exact) mass is 246 g/mol. The third-order valence-electron chi connectivity index (χ3n) is 2.34. The number of oxazole rings is 1. The van der Waals surface area contributed by atoms with Gasteiger partial charge in [-0.15, -0.1) is 10.2 Å². The predicted octanol–water partition coefficient (Wildman–Crippen LogP) is 2.64. The Balaban J connectivity index is 2.21. The van der Waals surface area contributed by atoms with Crippen molar-refractivity contribution >= 4 is 22.7 Å². The fourth-order valence-electron chi connectivity index (χ4n) is 1.63. The van der Waals surface area contributed by atoms with Gasteiger partial charge < -0.3 is 4.42 Å². The van der Waals surface area contributed by atoms with Crippen LogP contribution in [0.5, 0.6) is 0 Å². The molecule has 0 saturated heterocycles. The van der Waals surface area contributed by atoms with Crippen molar-refractivity contribution in [2.24, 2.45) is 0 Å². The van der Waals surface area contributed by atoms with Crippen LogP contribution in [0.25, 0.3) is 22.4 Å². The van der Waals surface area contributed by atoms with Crippen LogP contribution in [-0.2, 0) is 0 Å². The first-order chi connectivity index (χ1) is 8.24. The van der Waals surface area contributed by atoms with Crippen LogP contribution in [0.1, 0.15) is 5.89 Å². The molecule has 0 atom stereocenters. The molecule has 6 heteroatoms. The second kappa shape index (κ2) is 3.78. The van der Waals surface area contributed by atoms with E-state index in [0.29, 0.717) is 16.7 Å². The van der Waals surface area contributed by atoms with Crippen molar-refractivity contribution in [2.75, 3.05) is 0 Å². The zero-order valence-corrected chi connectivity index (χ0v) is 9.64. The maximum Gasteiger partial charge on any atom is 0.192 e. The summed E-state index contributed by atoms with van der Waals surface area (Å²) >= 11 is 5.96. The number of nitrogens with zero attached hydrogens (tertiary/aromatic N) is 4. The first kappa shape index (κ1) is 10.2. The Labute approximate surface area is 101 Å². The third kappa shape index (κ3) is 1.74. The van der Waals surface area contributed by atoms with Crippen LogP contribution >= 0.6 is 11.6 Å². The van der Waals surface area contributed by atoms with E-state index in [0.717, 1.165) is 16.7 Å². The molecule has 2 heterocycles. The number of hydrogen-bond acceptors (Lipinski definition) is 5. The van der Waals surface area contributed by atoms with Gasteiger partial charge in [0.1, 0.15) is 17.5 Å². The smallest absolute Gasteiger partial charge is 0.192 e. The summed E-state index contributed by atoms with van der Waals surface area (Å²) < 4.78 is 5.39. The summed E-state index contributed by atoms with van der Waals surface area (Å²) in [5.41, 5.74) is 2.86. The summed E-state index contributed by atoms with van der Waals surface area (Å²) in [5, 5.41) is 8.00. The summed E-state index contributed by atoms with van der Waals surface area (Å²) in [7, 11) is 0. The van der Waals surface area contributed by atoms with Gasteiger partial charge in [-0.1, -0.05) is 11.6 Å². The quantitative estimate of drug-likeness (QED) is 0.660. The number of aryl methyl sites for hydroxylation is 1. The highest BCUT2D eigenvalue weighted by Crippen LogP contribution is 2.26. The second-order valence-electron chi connectivity index (χ2n) is 3.51. The van der Waals surface area contributed by atoms with Gasteiger partial charge in [-0.25, -0.2) is 9.97 Å². The molecule has 84 valence electrons. The predicted molar refractivity (Wildman–Crippen MR) is 62.6 cm³/mol. The normalized spacial score (nSPS) is 10.9. The standard InChI is InChI=1S/C11H7ClN4O/c1-6-15-8-4-7(2-3-9(8)17-6)10-11(12)13-5-14-16-10/h2-5H,1H3. The Morgan fingerprint density at radius 2 is 2.18 bits per heavy atom. The molecule has 17 heavy (non-hydrogen) atoms. The van der Waals surface area contributed by atoms with Crippen molar-refractivity contribution in [1.82, 2.24) is 20.2 Å². The number of halogens is 1. The van der Waals surface area contributed by atoms with Gasteiger partial charge in [0.2, 0.25) is 0 Å². The maximum atomic E-state index is 5.96. The van der Waals surface area contributed by atoms with Gasteiger partial charge in [0.05, 0.1) is 0 Å². The van der Waals surface area contributed by atoms with Gasteiger partial charge in [-0.2, -0.15) is 0 Å². The van der Waals surface area contributed by atoms with E-state index in [1.54, 1.807) is 6.92 Å². The van der Waals surface area contributed by atoms with E-state index < -0.39 is 0 Å². The van der Waals surface area contributed by atoms with Crippen molar-refractivity contribution in [1.29, 1.82) is 0 Å². The van der Waals surface area contributed by atoms with Gasteiger partial charge in [0.25, 0.3) is 0 Å². The van der Waals surface area contributed by atoms with Gasteiger partial charge in [-0.3, -0.25) is 0 Å². The maximum absolute atomic E-state index is 5.96. The SMILES string of the molecule is Cc1nc2cc(-c3nncnc3Cl)ccc2o1. The van der Waals surface area contributed by atoms with E-state index in [2.05, 4.69) is 20.2 Å². The number of benzene rings is 1. The van der Waals surface area contributed by atoms with Crippen LogP contribution in [0.4, 0.5) is 0 Å². The van der Waals surface area contributed by atoms with Crippen molar-refractivity contribution in [3.8, 4) is 11.3 Å². The summed E-state index contributed by atoms with van der Waals surface area (Å²) in [6, 6.07) is 5.53. The minimum atomic E-state index is 0.319. The lowest BCUT2D eigenvalue weighted by molar-refractivity contribution is 0.561. The topological polar surface area (TPSA) is 64.7 Å². The lowest BCUT2D eigenvalue weighted by atomic mass is 10.1. The Morgan fingerprint density at radius 3 is 3.00 bits per heavy atom. The first-order valence-electron chi connectivity index (χ1n) is 4.95. The van der Waals surface area contributed by atoms with E-state index in [1.807, 2.05) is 18.2 Å². The van der Waals surface area contributed by atoms with Crippen LogP contribution in [0.15, 0.2) is 28.9 Å². The average Bonchev–Trinajstić information content (AvgIpc) is 2.68. The molecular formula is C11H7ClN4O. The summed E-state index contributed by atoms with van der Waals surface area (Å²) in [6.45, 7) is 1.80. The molecule has 0 amide bonds. The third-order valence-corrected chi connectivity index (χ3v) is 2.62. The molecule has 0 spiro atoms. The van der Waals surface area contributed by atoms with Crippen molar-refractivity contribution in [3.05, 3.63) is 35.6 Å². The van der Waals surface area contributed by atoms with E-state index in [-0.39, 0.29) is 0 Å². The summed E-state index contributed by atoms with van der Waals surface area (Å²) in [6.07, 6.45) is 1.31. The van der Waals surface area contributed by atoms with E-state index in [1.165, 1.54) is 6.33 Å². The molecular weight excluding hydrogens is 240 g/mol. The number of fused-ring (bicyclic) bond motifs is 1. The van der Waals surface area contributed by atoms with Gasteiger partial charge >= 0.3 is 0 Å². The number of hydrogen-bond donors (Lipinski definition) is 0. The average molecular weight is 247 g/mol. The summed E-state index contributed by atoms with van der Waals surface area (Å²) in [5.74, 6) is 0.625. The lowest BCUT2D eigenvalue weighted by Gasteiger charge is -1.99. The van der Waals surface area contributed by atoms with Gasteiger partial charge in [-0.05, 0) is 18.2 Å². The summed E-state index contributed by atoms with van der Waals surface area (Å²) in [4.78, 5) is 8.14. The zero-order valence-electron chi connectivity index (χ0n) is 8.88. The molecule has 0 radical (unpaired) electrons. The van der Waals surface area contributed by atoms with Gasteiger partial charge in [0.15, 0.2) is 16.6 Å². The number of aromatic nitrogens is 4. The lowest BCUT2D eigenvalue weighted by Crippen LogP contribution is -1.90. The Morgan fingerprint density at radius 1 is 1.29 bits per heavy atom. The highest BCUT2D eigenvalue weighted by Gasteiger charge is 2.09. The molecule has 0 N–H and O–H groups in total. The molecule has 0 aliphatic heterocycles. The molecule has 0 fully saturated rings. The molecule has 5 nitrogen and oxygen atoms in total. The Hall–Kier alpha value is -2.01. The van der Waals surface area contributed by atoms with Crippen LogP contribution in [0.3, 0.4) is 0 Å². The molecule has 3 rings (SSSR count). The minimum absolute atomic E-state index is 0.319. The Bertz CT molecular complexity index is 695. The number of rotatable bonds is 1. The highest BCUT2D eigenvalue weighted by molar-refractivity contribution is 6.31. The fourth-order valence-corrected chi connectivity index (χ4v) is 1.82. The largest absolute Gasteiger partial charge is 0.441 e. The van der Waals surface area contributed by atoms with Crippen LogP contribution in [-0.4, -0.2) is 20.2 Å². The van der Waals surface area contributed by atoms with E-state index in [4.69, 9.17) is 16.0 Å². The fraction of sp³-hybridized carbons (Fsp3) is 0.0909. The highest BCUT2D eigenvalue weighted by atomic mass is 35.5. The molecule has 3 aromatic rings. The molecule has 0 aliphatic carbocycles. The van der Waals surface area contributed by atoms with Crippen LogP contribution in [0.2, 0.25) is 5.15 Å². The zero-order chi connectivity index (χ0) is 11.8. The molecule has 0 unspecified atom stereocenters. The van der Waals surface area contributed by atoms with Crippen LogP contribution in [0, 0.1) is 6.92 Å². The minimum Gasteiger partial charge on any atom is -0.441 e. The van der Waals surface area contributed by atoms with Crippen molar-refractivity contribution in [3.63, 3.8) is 0 Å². The molecule has 2 aromatic heterocycles. The van der Waals surface area contributed by atoms with E-state index >= 15 is 0 Å². The Kier molecular flexibility index (Phi) is 2.26. The van der Waals surface area contributed by atoms with Gasteiger partial charge in [0, 0.05) is 12.5 Å².